The Bertz CT molecular complexity index is 792. The largest absolute Gasteiger partial charge is 0.345 e. The van der Waals surface area contributed by atoms with E-state index in [0.717, 1.165) is 24.0 Å². The number of rotatable bonds is 2. The van der Waals surface area contributed by atoms with Crippen molar-refractivity contribution in [3.8, 4) is 0 Å². The third kappa shape index (κ3) is 2.64. The summed E-state index contributed by atoms with van der Waals surface area (Å²) in [5.41, 5.74) is 0.293. The van der Waals surface area contributed by atoms with Crippen LogP contribution in [0.15, 0.2) is 24.3 Å². The van der Waals surface area contributed by atoms with Gasteiger partial charge in [-0.1, -0.05) is 24.3 Å². The van der Waals surface area contributed by atoms with Crippen LogP contribution in [0.1, 0.15) is 40.4 Å². The first-order valence-corrected chi connectivity index (χ1v) is 7.32. The Morgan fingerprint density at radius 1 is 0.917 bits per heavy atom. The highest BCUT2D eigenvalue weighted by Gasteiger charge is 2.31. The molecule has 0 unspecified atom stereocenters. The number of carbonyl (C=O) groups is 1. The van der Waals surface area contributed by atoms with Gasteiger partial charge < -0.3 is 5.32 Å². The summed E-state index contributed by atoms with van der Waals surface area (Å²) in [7, 11) is 0. The van der Waals surface area contributed by atoms with E-state index >= 15 is 0 Å². The fraction of sp³-hybridized carbons (Fsp3) is 0.235. The van der Waals surface area contributed by atoms with Crippen LogP contribution in [0, 0.1) is 29.1 Å². The minimum Gasteiger partial charge on any atom is -0.345 e. The van der Waals surface area contributed by atoms with Crippen LogP contribution in [-0.4, -0.2) is 5.91 Å². The number of hydrogen-bond donors (Lipinski definition) is 1. The molecule has 0 aliphatic heterocycles. The van der Waals surface area contributed by atoms with Gasteiger partial charge in [-0.3, -0.25) is 4.79 Å². The van der Waals surface area contributed by atoms with Gasteiger partial charge in [-0.15, -0.1) is 0 Å². The molecule has 7 heteroatoms. The van der Waals surface area contributed by atoms with E-state index in [0.29, 0.717) is 6.42 Å². The molecule has 0 radical (unpaired) electrons. The van der Waals surface area contributed by atoms with E-state index in [1.54, 1.807) is 12.1 Å². The maximum atomic E-state index is 13.7. The van der Waals surface area contributed by atoms with Gasteiger partial charge in [0.1, 0.15) is 5.56 Å². The fourth-order valence-corrected chi connectivity index (χ4v) is 2.94. The fourth-order valence-electron chi connectivity index (χ4n) is 2.94. The van der Waals surface area contributed by atoms with Crippen molar-refractivity contribution >= 4 is 5.91 Å². The lowest BCUT2D eigenvalue weighted by Crippen LogP contribution is -2.32. The zero-order valence-corrected chi connectivity index (χ0v) is 12.3. The van der Waals surface area contributed by atoms with E-state index < -0.39 is 46.6 Å². The number of nitrogens with one attached hydrogen (secondary N) is 1. The zero-order chi connectivity index (χ0) is 17.4. The van der Waals surface area contributed by atoms with Gasteiger partial charge in [0.25, 0.3) is 5.91 Å². The number of halogens is 5. The Labute approximate surface area is 134 Å². The van der Waals surface area contributed by atoms with Gasteiger partial charge in [0.15, 0.2) is 23.3 Å². The van der Waals surface area contributed by atoms with Crippen LogP contribution in [0.4, 0.5) is 22.0 Å². The molecule has 2 nitrogen and oxygen atoms in total. The highest BCUT2D eigenvalue weighted by Crippen LogP contribution is 2.30. The van der Waals surface area contributed by atoms with Crippen molar-refractivity contribution in [1.82, 2.24) is 5.32 Å². The summed E-state index contributed by atoms with van der Waals surface area (Å²) in [6, 6.07) is 6.66. The minimum absolute atomic E-state index is 0.512. The number of hydrogen-bond acceptors (Lipinski definition) is 1. The van der Waals surface area contributed by atoms with E-state index in [9.17, 15) is 26.7 Å². The van der Waals surface area contributed by atoms with E-state index in [-0.39, 0.29) is 0 Å². The van der Waals surface area contributed by atoms with E-state index in [2.05, 4.69) is 5.32 Å². The van der Waals surface area contributed by atoms with Crippen LogP contribution in [-0.2, 0) is 6.42 Å². The van der Waals surface area contributed by atoms with Gasteiger partial charge in [0.2, 0.25) is 5.82 Å². The molecule has 0 saturated carbocycles. The van der Waals surface area contributed by atoms with Crippen molar-refractivity contribution in [2.75, 3.05) is 0 Å². The van der Waals surface area contributed by atoms with Crippen molar-refractivity contribution in [3.05, 3.63) is 70.0 Å². The highest BCUT2D eigenvalue weighted by molar-refractivity contribution is 5.95. The monoisotopic (exact) mass is 341 g/mol. The van der Waals surface area contributed by atoms with Gasteiger partial charge >= 0.3 is 0 Å². The zero-order valence-electron chi connectivity index (χ0n) is 12.3. The second kappa shape index (κ2) is 6.22. The van der Waals surface area contributed by atoms with Crippen molar-refractivity contribution in [2.24, 2.45) is 0 Å². The molecule has 0 heterocycles. The molecule has 1 aliphatic carbocycles. The van der Waals surface area contributed by atoms with Gasteiger partial charge in [-0.05, 0) is 30.4 Å². The third-order valence-corrected chi connectivity index (χ3v) is 4.11. The minimum atomic E-state index is -2.29. The number of aryl methyl sites for hydroxylation is 1. The quantitative estimate of drug-likeness (QED) is 0.495. The third-order valence-electron chi connectivity index (χ3n) is 4.11. The van der Waals surface area contributed by atoms with Crippen LogP contribution >= 0.6 is 0 Å². The van der Waals surface area contributed by atoms with Crippen molar-refractivity contribution in [1.29, 1.82) is 0 Å². The normalized spacial score (nSPS) is 16.6. The molecule has 126 valence electrons. The molecule has 1 N–H and O–H groups in total. The lowest BCUT2D eigenvalue weighted by atomic mass is 9.87. The lowest BCUT2D eigenvalue weighted by Gasteiger charge is -2.26. The molecule has 1 atom stereocenters. The van der Waals surface area contributed by atoms with Gasteiger partial charge in [0.05, 0.1) is 6.04 Å². The summed E-state index contributed by atoms with van der Waals surface area (Å²) >= 11 is 0. The standard InChI is InChI=1S/C17H12F5NO/c18-12-11(13(19)15(21)16(22)14(12)20)17(24)23-10-7-3-5-8-4-1-2-6-9(8)10/h1-2,4,6,10H,3,5,7H2,(H,23,24)/t10-/m1/s1. The molecule has 0 aromatic heterocycles. The molecule has 0 saturated heterocycles. The summed E-state index contributed by atoms with van der Waals surface area (Å²) < 4.78 is 67.0. The van der Waals surface area contributed by atoms with E-state index in [1.165, 1.54) is 0 Å². The Kier molecular flexibility index (Phi) is 4.26. The molecule has 0 bridgehead atoms. The molecule has 3 rings (SSSR count). The number of benzene rings is 2. The molecule has 2 aromatic carbocycles. The maximum absolute atomic E-state index is 13.7. The SMILES string of the molecule is O=C(N[C@@H]1CCCc2ccccc21)c1c(F)c(F)c(F)c(F)c1F. The average molecular weight is 341 g/mol. The molecule has 0 fully saturated rings. The lowest BCUT2D eigenvalue weighted by molar-refractivity contribution is 0.0921. The van der Waals surface area contributed by atoms with Crippen LogP contribution in [0.25, 0.3) is 0 Å². The summed E-state index contributed by atoms with van der Waals surface area (Å²) in [5.74, 6) is -12.2. The van der Waals surface area contributed by atoms with Crippen LogP contribution in [0.3, 0.4) is 0 Å². The first-order valence-electron chi connectivity index (χ1n) is 7.32. The van der Waals surface area contributed by atoms with Gasteiger partial charge in [-0.25, -0.2) is 22.0 Å². The predicted octanol–water partition coefficient (Wildman–Crippen LogP) is 4.19. The number of amides is 1. The summed E-state index contributed by atoms with van der Waals surface area (Å²) in [6.07, 6.45) is 2.04. The second-order valence-electron chi connectivity index (χ2n) is 5.56. The first kappa shape index (κ1) is 16.4. The number of carbonyl (C=O) groups excluding carboxylic acids is 1. The molecular formula is C17H12F5NO. The molecule has 1 aliphatic rings. The van der Waals surface area contributed by atoms with Gasteiger partial charge in [0, 0.05) is 0 Å². The Morgan fingerprint density at radius 3 is 2.17 bits per heavy atom. The van der Waals surface area contributed by atoms with Crippen LogP contribution in [0.5, 0.6) is 0 Å². The highest BCUT2D eigenvalue weighted by atomic mass is 19.2. The van der Waals surface area contributed by atoms with Gasteiger partial charge in [-0.2, -0.15) is 0 Å². The predicted molar refractivity (Wildman–Crippen MR) is 75.8 cm³/mol. The maximum Gasteiger partial charge on any atom is 0.257 e. The van der Waals surface area contributed by atoms with E-state index in [4.69, 9.17) is 0 Å². The smallest absolute Gasteiger partial charge is 0.257 e. The summed E-state index contributed by atoms with van der Waals surface area (Å²) in [6.45, 7) is 0. The molecular weight excluding hydrogens is 329 g/mol. The van der Waals surface area contributed by atoms with Crippen molar-refractivity contribution < 1.29 is 26.7 Å². The molecule has 1 amide bonds. The van der Waals surface area contributed by atoms with Crippen molar-refractivity contribution in [3.63, 3.8) is 0 Å². The number of fused-ring (bicyclic) bond motifs is 1. The topological polar surface area (TPSA) is 29.1 Å². The van der Waals surface area contributed by atoms with E-state index in [1.807, 2.05) is 12.1 Å². The molecule has 2 aromatic rings. The molecule has 0 spiro atoms. The Morgan fingerprint density at radius 2 is 1.50 bits per heavy atom. The Hall–Kier alpha value is -2.44. The van der Waals surface area contributed by atoms with Crippen LogP contribution in [0.2, 0.25) is 0 Å². The Balaban J connectivity index is 1.95. The first-order chi connectivity index (χ1) is 11.4. The summed E-state index contributed by atoms with van der Waals surface area (Å²) in [4.78, 5) is 12.1. The van der Waals surface area contributed by atoms with Crippen LogP contribution < -0.4 is 5.32 Å². The van der Waals surface area contributed by atoms with Crippen molar-refractivity contribution in [2.45, 2.75) is 25.3 Å². The average Bonchev–Trinajstić information content (AvgIpc) is 2.59. The molecule has 24 heavy (non-hydrogen) atoms. The summed E-state index contributed by atoms with van der Waals surface area (Å²) in [5, 5.41) is 2.37. The second-order valence-corrected chi connectivity index (χ2v) is 5.56.